The number of rotatable bonds is 8. The van der Waals surface area contributed by atoms with Crippen molar-refractivity contribution in [3.63, 3.8) is 0 Å². The number of nitrogens with zero attached hydrogens (tertiary/aromatic N) is 2. The third-order valence-corrected chi connectivity index (χ3v) is 5.58. The van der Waals surface area contributed by atoms with Crippen molar-refractivity contribution in [1.29, 1.82) is 0 Å². The van der Waals surface area contributed by atoms with E-state index < -0.39 is 17.8 Å². The summed E-state index contributed by atoms with van der Waals surface area (Å²) in [5.74, 6) is -0.309. The van der Waals surface area contributed by atoms with Crippen LogP contribution in [0.15, 0.2) is 48.0 Å². The Balaban J connectivity index is 2.09. The second-order valence-electron chi connectivity index (χ2n) is 7.47. The van der Waals surface area contributed by atoms with E-state index in [-0.39, 0.29) is 24.8 Å². The van der Waals surface area contributed by atoms with Gasteiger partial charge in [-0.25, -0.2) is 9.69 Å². The van der Waals surface area contributed by atoms with Crippen LogP contribution in [-0.2, 0) is 14.3 Å². The van der Waals surface area contributed by atoms with E-state index in [0.717, 1.165) is 13.4 Å². The topological polar surface area (TPSA) is 85.4 Å². The van der Waals surface area contributed by atoms with Crippen LogP contribution >= 0.6 is 22.6 Å². The fourth-order valence-corrected chi connectivity index (χ4v) is 4.05. The Morgan fingerprint density at radius 3 is 2.33 bits per heavy atom. The van der Waals surface area contributed by atoms with Gasteiger partial charge in [0.15, 0.2) is 11.5 Å². The van der Waals surface area contributed by atoms with Crippen LogP contribution in [0.1, 0.15) is 19.4 Å². The molecule has 33 heavy (non-hydrogen) atoms. The van der Waals surface area contributed by atoms with Crippen LogP contribution in [0.3, 0.4) is 0 Å². The van der Waals surface area contributed by atoms with Crippen molar-refractivity contribution in [1.82, 2.24) is 4.90 Å². The molecule has 1 aliphatic rings. The van der Waals surface area contributed by atoms with Gasteiger partial charge in [-0.15, -0.1) is 0 Å². The zero-order chi connectivity index (χ0) is 24.1. The lowest BCUT2D eigenvalue weighted by atomic mass is 10.0. The lowest BCUT2D eigenvalue weighted by molar-refractivity contribution is -0.129. The molecule has 0 radical (unpaired) electrons. The molecular weight excluding hydrogens is 539 g/mol. The second kappa shape index (κ2) is 10.8. The van der Waals surface area contributed by atoms with Crippen molar-refractivity contribution >= 4 is 52.2 Å². The summed E-state index contributed by atoms with van der Waals surface area (Å²) in [4.78, 5) is 41.5. The number of barbiturate groups is 1. The number of carbonyl (C=O) groups is 3. The average molecular weight is 564 g/mol. The van der Waals surface area contributed by atoms with E-state index in [1.807, 2.05) is 13.8 Å². The Bertz CT molecular complexity index is 1080. The van der Waals surface area contributed by atoms with Crippen molar-refractivity contribution < 1.29 is 28.6 Å². The monoisotopic (exact) mass is 564 g/mol. The summed E-state index contributed by atoms with van der Waals surface area (Å²) in [6.45, 7) is 3.99. The van der Waals surface area contributed by atoms with Crippen LogP contribution in [0.5, 0.6) is 11.5 Å². The number of halogens is 1. The molecule has 0 saturated carbocycles. The first-order valence-electron chi connectivity index (χ1n) is 10.3. The predicted octanol–water partition coefficient (Wildman–Crippen LogP) is 4.11. The van der Waals surface area contributed by atoms with Gasteiger partial charge in [0.05, 0.1) is 35.6 Å². The number of para-hydroxylation sites is 1. The molecule has 1 aliphatic heterocycles. The summed E-state index contributed by atoms with van der Waals surface area (Å²) in [5.41, 5.74) is 0.809. The van der Waals surface area contributed by atoms with Crippen molar-refractivity contribution in [3.8, 4) is 11.5 Å². The van der Waals surface area contributed by atoms with Gasteiger partial charge < -0.3 is 14.2 Å². The molecule has 1 heterocycles. The summed E-state index contributed by atoms with van der Waals surface area (Å²) in [7, 11) is 3.00. The molecule has 0 aromatic heterocycles. The highest BCUT2D eigenvalue weighted by Crippen LogP contribution is 2.36. The minimum atomic E-state index is -0.710. The van der Waals surface area contributed by atoms with Gasteiger partial charge in [0.25, 0.3) is 11.8 Å². The molecule has 3 rings (SSSR count). The Hall–Kier alpha value is -2.92. The fourth-order valence-electron chi connectivity index (χ4n) is 3.30. The molecule has 0 atom stereocenters. The average Bonchev–Trinajstić information content (AvgIpc) is 2.78. The fraction of sp³-hybridized carbons (Fsp3) is 0.292. The van der Waals surface area contributed by atoms with Crippen LogP contribution in [0.2, 0.25) is 0 Å². The number of ether oxygens (including phenoxy) is 3. The quantitative estimate of drug-likeness (QED) is 0.273. The van der Waals surface area contributed by atoms with Gasteiger partial charge in [0, 0.05) is 7.11 Å². The number of hydrogen-bond donors (Lipinski definition) is 0. The Labute approximate surface area is 206 Å². The number of hydrogen-bond acceptors (Lipinski definition) is 6. The Morgan fingerprint density at radius 1 is 1.03 bits per heavy atom. The zero-order valence-corrected chi connectivity index (χ0v) is 21.0. The molecule has 1 fully saturated rings. The van der Waals surface area contributed by atoms with Gasteiger partial charge in [0.2, 0.25) is 0 Å². The van der Waals surface area contributed by atoms with Gasteiger partial charge in [-0.3, -0.25) is 14.5 Å². The maximum atomic E-state index is 13.3. The molecule has 9 heteroatoms. The highest BCUT2D eigenvalue weighted by Gasteiger charge is 2.42. The lowest BCUT2D eigenvalue weighted by Gasteiger charge is -2.33. The maximum Gasteiger partial charge on any atom is 0.338 e. The van der Waals surface area contributed by atoms with Crippen LogP contribution in [0.25, 0.3) is 6.08 Å². The normalized spacial score (nSPS) is 15.6. The van der Waals surface area contributed by atoms with Gasteiger partial charge in [-0.2, -0.15) is 0 Å². The molecule has 2 aromatic rings. The third kappa shape index (κ3) is 5.36. The molecule has 2 aromatic carbocycles. The maximum absolute atomic E-state index is 13.3. The first-order valence-corrected chi connectivity index (χ1v) is 11.4. The smallest absolute Gasteiger partial charge is 0.338 e. The third-order valence-electron chi connectivity index (χ3n) is 4.78. The van der Waals surface area contributed by atoms with E-state index in [2.05, 4.69) is 22.6 Å². The molecule has 174 valence electrons. The first kappa shape index (κ1) is 24.7. The van der Waals surface area contributed by atoms with E-state index in [4.69, 9.17) is 14.2 Å². The second-order valence-corrected chi connectivity index (χ2v) is 8.63. The van der Waals surface area contributed by atoms with Crippen molar-refractivity contribution in [3.05, 3.63) is 57.2 Å². The van der Waals surface area contributed by atoms with E-state index in [9.17, 15) is 14.4 Å². The van der Waals surface area contributed by atoms with E-state index in [1.54, 1.807) is 42.5 Å². The molecule has 4 amide bonds. The first-order chi connectivity index (χ1) is 15.8. The number of methoxy groups -OCH3 is 2. The van der Waals surface area contributed by atoms with E-state index >= 15 is 0 Å². The Morgan fingerprint density at radius 2 is 1.73 bits per heavy atom. The van der Waals surface area contributed by atoms with Crippen molar-refractivity contribution in [2.24, 2.45) is 0 Å². The molecule has 0 aliphatic carbocycles. The molecule has 8 nitrogen and oxygen atoms in total. The van der Waals surface area contributed by atoms with Gasteiger partial charge in [-0.1, -0.05) is 18.2 Å². The summed E-state index contributed by atoms with van der Waals surface area (Å²) >= 11 is 2.12. The summed E-state index contributed by atoms with van der Waals surface area (Å²) < 4.78 is 17.1. The number of anilines is 1. The standard InChI is InChI=1S/C24H25IN2O6/c1-15(2)33-21-19(25)13-16(14-20(21)32-4)12-18-22(28)26(10-11-31-3)24(30)27(23(18)29)17-8-6-5-7-9-17/h5-9,12-15H,10-11H2,1-4H3/b18-12-. The van der Waals surface area contributed by atoms with Crippen molar-refractivity contribution in [2.75, 3.05) is 32.3 Å². The number of imide groups is 2. The van der Waals surface area contributed by atoms with E-state index in [1.165, 1.54) is 20.3 Å². The molecule has 0 bridgehead atoms. The van der Waals surface area contributed by atoms with Crippen LogP contribution in [-0.4, -0.2) is 56.2 Å². The molecule has 0 N–H and O–H groups in total. The number of carbonyl (C=O) groups excluding carboxylic acids is 3. The molecule has 0 unspecified atom stereocenters. The number of urea groups is 1. The number of amides is 4. The van der Waals surface area contributed by atoms with Crippen molar-refractivity contribution in [2.45, 2.75) is 20.0 Å². The van der Waals surface area contributed by atoms with Gasteiger partial charge >= 0.3 is 6.03 Å². The predicted molar refractivity (Wildman–Crippen MR) is 132 cm³/mol. The zero-order valence-electron chi connectivity index (χ0n) is 18.8. The van der Waals surface area contributed by atoms with Crippen LogP contribution < -0.4 is 14.4 Å². The molecule has 0 spiro atoms. The number of benzene rings is 2. The van der Waals surface area contributed by atoms with Gasteiger partial charge in [-0.05, 0) is 72.3 Å². The summed E-state index contributed by atoms with van der Waals surface area (Å²) in [6, 6.07) is 11.3. The molecular formula is C24H25IN2O6. The van der Waals surface area contributed by atoms with Crippen LogP contribution in [0.4, 0.5) is 10.5 Å². The highest BCUT2D eigenvalue weighted by molar-refractivity contribution is 14.1. The minimum absolute atomic E-state index is 0.0180. The largest absolute Gasteiger partial charge is 0.493 e. The summed E-state index contributed by atoms with van der Waals surface area (Å²) in [5, 5.41) is 0. The van der Waals surface area contributed by atoms with Crippen LogP contribution in [0, 0.1) is 3.57 Å². The highest BCUT2D eigenvalue weighted by atomic mass is 127. The lowest BCUT2D eigenvalue weighted by Crippen LogP contribution is -2.57. The minimum Gasteiger partial charge on any atom is -0.493 e. The van der Waals surface area contributed by atoms with Gasteiger partial charge in [0.1, 0.15) is 5.57 Å². The Kier molecular flexibility index (Phi) is 8.09. The summed E-state index contributed by atoms with van der Waals surface area (Å²) in [6.07, 6.45) is 1.41. The molecule has 1 saturated heterocycles. The SMILES string of the molecule is COCCN1C(=O)/C(=C/c2cc(I)c(OC(C)C)c(OC)c2)C(=O)N(c2ccccc2)C1=O. The van der Waals surface area contributed by atoms with E-state index in [0.29, 0.717) is 22.7 Å².